The van der Waals surface area contributed by atoms with E-state index in [4.69, 9.17) is 17.3 Å². The molecule has 5 nitrogen and oxygen atoms in total. The van der Waals surface area contributed by atoms with Crippen LogP contribution in [0.1, 0.15) is 25.7 Å². The second-order valence-electron chi connectivity index (χ2n) is 5.11. The highest BCUT2D eigenvalue weighted by Gasteiger charge is 2.35. The Morgan fingerprint density at radius 3 is 2.67 bits per heavy atom. The molecule has 1 aromatic rings. The molecule has 3 N–H and O–H groups in total. The lowest BCUT2D eigenvalue weighted by atomic mass is 9.96. The van der Waals surface area contributed by atoms with Crippen LogP contribution in [0.2, 0.25) is 5.15 Å². The summed E-state index contributed by atoms with van der Waals surface area (Å²) < 4.78 is 0. The summed E-state index contributed by atoms with van der Waals surface area (Å²) in [7, 11) is 4.26. The van der Waals surface area contributed by atoms with Crippen molar-refractivity contribution in [3.63, 3.8) is 0 Å². The highest BCUT2D eigenvalue weighted by atomic mass is 35.5. The van der Waals surface area contributed by atoms with Gasteiger partial charge >= 0.3 is 0 Å². The zero-order chi connectivity index (χ0) is 13.2. The van der Waals surface area contributed by atoms with Crippen molar-refractivity contribution in [1.82, 2.24) is 14.9 Å². The molecule has 0 spiro atoms. The molecule has 0 bridgehead atoms. The SMILES string of the molecule is CN(C)C1(CNc2ncnc(Cl)c2N)CCCC1. The Morgan fingerprint density at radius 1 is 1.39 bits per heavy atom. The maximum Gasteiger partial charge on any atom is 0.157 e. The maximum atomic E-state index is 5.88. The van der Waals surface area contributed by atoms with Gasteiger partial charge in [-0.1, -0.05) is 24.4 Å². The van der Waals surface area contributed by atoms with Crippen molar-refractivity contribution in [2.75, 3.05) is 31.7 Å². The third kappa shape index (κ3) is 2.52. The predicted molar refractivity (Wildman–Crippen MR) is 74.8 cm³/mol. The molecular weight excluding hydrogens is 250 g/mol. The van der Waals surface area contributed by atoms with E-state index in [1.165, 1.54) is 32.0 Å². The monoisotopic (exact) mass is 269 g/mol. The number of nitrogens with two attached hydrogens (primary N) is 1. The Bertz CT molecular complexity index is 415. The van der Waals surface area contributed by atoms with Gasteiger partial charge < -0.3 is 16.0 Å². The molecule has 6 heteroatoms. The van der Waals surface area contributed by atoms with Crippen molar-refractivity contribution < 1.29 is 0 Å². The standard InChI is InChI=1S/C12H20ClN5/c1-18(2)12(5-3-4-6-12)7-15-11-9(14)10(13)16-8-17-11/h8H,3-7,14H2,1-2H3,(H,15,16,17). The average molecular weight is 270 g/mol. The van der Waals surface area contributed by atoms with E-state index in [9.17, 15) is 0 Å². The Balaban J connectivity index is 2.08. The molecule has 0 amide bonds. The summed E-state index contributed by atoms with van der Waals surface area (Å²) in [5.41, 5.74) is 6.47. The van der Waals surface area contributed by atoms with Crippen molar-refractivity contribution in [1.29, 1.82) is 0 Å². The maximum absolute atomic E-state index is 5.88. The minimum atomic E-state index is 0.198. The van der Waals surface area contributed by atoms with Gasteiger partial charge in [0.15, 0.2) is 11.0 Å². The quantitative estimate of drug-likeness (QED) is 0.819. The van der Waals surface area contributed by atoms with Gasteiger partial charge in [-0.05, 0) is 26.9 Å². The summed E-state index contributed by atoms with van der Waals surface area (Å²) in [5, 5.41) is 3.62. The van der Waals surface area contributed by atoms with E-state index in [2.05, 4.69) is 34.3 Å². The summed E-state index contributed by atoms with van der Waals surface area (Å²) >= 11 is 5.88. The van der Waals surface area contributed by atoms with Crippen molar-refractivity contribution in [3.8, 4) is 0 Å². The molecule has 2 rings (SSSR count). The fourth-order valence-electron chi connectivity index (χ4n) is 2.58. The third-order valence-electron chi connectivity index (χ3n) is 3.90. The Morgan fingerprint density at radius 2 is 2.06 bits per heavy atom. The first-order valence-electron chi connectivity index (χ1n) is 6.22. The molecule has 0 atom stereocenters. The summed E-state index contributed by atoms with van der Waals surface area (Å²) in [6.07, 6.45) is 6.38. The number of anilines is 2. The molecule has 1 aliphatic rings. The Kier molecular flexibility index (Phi) is 3.92. The van der Waals surface area contributed by atoms with Crippen LogP contribution < -0.4 is 11.1 Å². The van der Waals surface area contributed by atoms with Gasteiger partial charge in [-0.2, -0.15) is 0 Å². The van der Waals surface area contributed by atoms with Gasteiger partial charge in [-0.3, -0.25) is 0 Å². The molecule has 18 heavy (non-hydrogen) atoms. The number of nitrogens with one attached hydrogen (secondary N) is 1. The predicted octanol–water partition coefficient (Wildman–Crippen LogP) is 2.00. The molecule has 0 radical (unpaired) electrons. The molecular formula is C12H20ClN5. The molecule has 0 aromatic carbocycles. The van der Waals surface area contributed by atoms with E-state index < -0.39 is 0 Å². The van der Waals surface area contributed by atoms with Crippen molar-refractivity contribution >= 4 is 23.1 Å². The number of nitrogen functional groups attached to an aromatic ring is 1. The first-order valence-corrected chi connectivity index (χ1v) is 6.60. The van der Waals surface area contributed by atoms with Gasteiger partial charge in [0, 0.05) is 12.1 Å². The van der Waals surface area contributed by atoms with E-state index >= 15 is 0 Å². The third-order valence-corrected chi connectivity index (χ3v) is 4.20. The fraction of sp³-hybridized carbons (Fsp3) is 0.667. The zero-order valence-corrected chi connectivity index (χ0v) is 11.7. The molecule has 1 saturated carbocycles. The normalized spacial score (nSPS) is 18.2. The lowest BCUT2D eigenvalue weighted by Gasteiger charge is -2.36. The van der Waals surface area contributed by atoms with Crippen LogP contribution in [0.25, 0.3) is 0 Å². The average Bonchev–Trinajstić information content (AvgIpc) is 2.81. The minimum absolute atomic E-state index is 0.198. The van der Waals surface area contributed by atoms with Crippen molar-refractivity contribution in [2.45, 2.75) is 31.2 Å². The number of hydrogen-bond donors (Lipinski definition) is 2. The smallest absolute Gasteiger partial charge is 0.157 e. The van der Waals surface area contributed by atoms with Crippen LogP contribution in [0.3, 0.4) is 0 Å². The van der Waals surface area contributed by atoms with E-state index in [0.29, 0.717) is 16.7 Å². The fourth-order valence-corrected chi connectivity index (χ4v) is 2.71. The lowest BCUT2D eigenvalue weighted by molar-refractivity contribution is 0.172. The van der Waals surface area contributed by atoms with Crippen LogP contribution >= 0.6 is 11.6 Å². The van der Waals surface area contributed by atoms with E-state index in [0.717, 1.165) is 6.54 Å². The second-order valence-corrected chi connectivity index (χ2v) is 5.46. The molecule has 100 valence electrons. The zero-order valence-electron chi connectivity index (χ0n) is 10.9. The summed E-state index contributed by atoms with van der Waals surface area (Å²) in [5.74, 6) is 0.628. The molecule has 0 saturated heterocycles. The van der Waals surface area contributed by atoms with Gasteiger partial charge in [0.05, 0.1) is 0 Å². The first kappa shape index (κ1) is 13.4. The van der Waals surface area contributed by atoms with E-state index in [1.54, 1.807) is 0 Å². The van der Waals surface area contributed by atoms with Gasteiger partial charge in [-0.15, -0.1) is 0 Å². The van der Waals surface area contributed by atoms with Crippen molar-refractivity contribution in [2.24, 2.45) is 0 Å². The molecule has 1 heterocycles. The van der Waals surface area contributed by atoms with Crippen LogP contribution in [0, 0.1) is 0 Å². The van der Waals surface area contributed by atoms with Crippen LogP contribution in [-0.2, 0) is 0 Å². The topological polar surface area (TPSA) is 67.1 Å². The molecule has 0 unspecified atom stereocenters. The highest BCUT2D eigenvalue weighted by molar-refractivity contribution is 6.32. The van der Waals surface area contributed by atoms with Gasteiger partial charge in [0.2, 0.25) is 0 Å². The van der Waals surface area contributed by atoms with Gasteiger partial charge in [0.1, 0.15) is 12.0 Å². The minimum Gasteiger partial charge on any atom is -0.393 e. The van der Waals surface area contributed by atoms with Gasteiger partial charge in [-0.25, -0.2) is 9.97 Å². The van der Waals surface area contributed by atoms with Crippen LogP contribution in [0.4, 0.5) is 11.5 Å². The summed E-state index contributed by atoms with van der Waals surface area (Å²) in [4.78, 5) is 10.3. The largest absolute Gasteiger partial charge is 0.393 e. The lowest BCUT2D eigenvalue weighted by Crippen LogP contribution is -2.47. The van der Waals surface area contributed by atoms with Crippen LogP contribution in [0.5, 0.6) is 0 Å². The second kappa shape index (κ2) is 5.28. The number of likely N-dealkylation sites (N-methyl/N-ethyl adjacent to an activating group) is 1. The van der Waals surface area contributed by atoms with Gasteiger partial charge in [0.25, 0.3) is 0 Å². The Hall–Kier alpha value is -1.07. The summed E-state index contributed by atoms with van der Waals surface area (Å²) in [6.45, 7) is 0.831. The van der Waals surface area contributed by atoms with E-state index in [-0.39, 0.29) is 5.54 Å². The van der Waals surface area contributed by atoms with Crippen LogP contribution in [-0.4, -0.2) is 41.0 Å². The molecule has 0 aliphatic heterocycles. The Labute approximate surface area is 113 Å². The number of hydrogen-bond acceptors (Lipinski definition) is 5. The first-order chi connectivity index (χ1) is 8.55. The highest BCUT2D eigenvalue weighted by Crippen LogP contribution is 2.34. The van der Waals surface area contributed by atoms with E-state index in [1.807, 2.05) is 0 Å². The number of aromatic nitrogens is 2. The van der Waals surface area contributed by atoms with Crippen LogP contribution in [0.15, 0.2) is 6.33 Å². The number of halogens is 1. The molecule has 1 fully saturated rings. The number of nitrogens with zero attached hydrogens (tertiary/aromatic N) is 3. The summed E-state index contributed by atoms with van der Waals surface area (Å²) in [6, 6.07) is 0. The molecule has 1 aromatic heterocycles. The van der Waals surface area contributed by atoms with Crippen molar-refractivity contribution in [3.05, 3.63) is 11.5 Å². The molecule has 1 aliphatic carbocycles. The number of rotatable bonds is 4.